The first-order valence-corrected chi connectivity index (χ1v) is 10.4. The van der Waals surface area contributed by atoms with Crippen molar-refractivity contribution in [2.45, 2.75) is 78.2 Å². The predicted octanol–water partition coefficient (Wildman–Crippen LogP) is 5.38. The Morgan fingerprint density at radius 2 is 1.86 bits per heavy atom. The molecule has 0 saturated carbocycles. The molecule has 1 heterocycles. The van der Waals surface area contributed by atoms with Crippen molar-refractivity contribution in [2.24, 2.45) is 11.3 Å². The Bertz CT molecular complexity index is 739. The predicted molar refractivity (Wildman–Crippen MR) is 112 cm³/mol. The molecule has 1 aromatic rings. The van der Waals surface area contributed by atoms with Crippen LogP contribution in [0.2, 0.25) is 0 Å². The molecule has 0 bridgehead atoms. The number of carbonyl (C=O) groups excluding carboxylic acids is 2. The highest BCUT2D eigenvalue weighted by molar-refractivity contribution is 6.02. The highest BCUT2D eigenvalue weighted by Crippen LogP contribution is 2.47. The zero-order valence-electron chi connectivity index (χ0n) is 18.1. The third kappa shape index (κ3) is 5.37. The summed E-state index contributed by atoms with van der Waals surface area (Å²) in [5.41, 5.74) is 0.0599. The lowest BCUT2D eigenvalue weighted by Gasteiger charge is -2.43. The van der Waals surface area contributed by atoms with Gasteiger partial charge in [0.15, 0.2) is 5.78 Å². The van der Waals surface area contributed by atoms with Crippen LogP contribution in [0.15, 0.2) is 24.3 Å². The van der Waals surface area contributed by atoms with E-state index in [1.54, 1.807) is 18.2 Å². The van der Waals surface area contributed by atoms with E-state index in [1.807, 2.05) is 40.7 Å². The molecule has 0 radical (unpaired) electrons. The fourth-order valence-electron chi connectivity index (χ4n) is 4.63. The summed E-state index contributed by atoms with van der Waals surface area (Å²) in [7, 11) is 0. The average molecular weight is 404 g/mol. The molecule has 2 N–H and O–H groups in total. The Morgan fingerprint density at radius 3 is 2.34 bits per heavy atom. The van der Waals surface area contributed by atoms with Crippen LogP contribution in [0, 0.1) is 11.3 Å². The third-order valence-corrected chi connectivity index (χ3v) is 5.59. The smallest absolute Gasteiger partial charge is 0.409 e. The molecule has 1 aromatic carbocycles. The zero-order valence-corrected chi connectivity index (χ0v) is 18.1. The number of carbonyl (C=O) groups is 3. The van der Waals surface area contributed by atoms with Gasteiger partial charge < -0.3 is 9.84 Å². The molecule has 2 rings (SSSR count). The van der Waals surface area contributed by atoms with Gasteiger partial charge in [0.2, 0.25) is 0 Å². The molecule has 0 aliphatic carbocycles. The Morgan fingerprint density at radius 1 is 1.24 bits per heavy atom. The Labute approximate surface area is 173 Å². The first-order chi connectivity index (χ1) is 13.5. The van der Waals surface area contributed by atoms with Crippen LogP contribution in [0.25, 0.3) is 0 Å². The number of benzene rings is 1. The van der Waals surface area contributed by atoms with Crippen molar-refractivity contribution < 1.29 is 24.2 Å². The minimum atomic E-state index is -1.16. The molecule has 160 valence electrons. The highest BCUT2D eigenvalue weighted by Gasteiger charge is 2.51. The van der Waals surface area contributed by atoms with E-state index in [9.17, 15) is 14.4 Å². The minimum absolute atomic E-state index is 0.0836. The van der Waals surface area contributed by atoms with Crippen molar-refractivity contribution in [2.75, 3.05) is 5.32 Å². The Hall–Kier alpha value is -2.37. The van der Waals surface area contributed by atoms with E-state index in [2.05, 4.69) is 5.32 Å². The number of anilines is 1. The molecule has 1 fully saturated rings. The van der Waals surface area contributed by atoms with Crippen molar-refractivity contribution >= 4 is 23.5 Å². The topological polar surface area (TPSA) is 92.7 Å². The van der Waals surface area contributed by atoms with Gasteiger partial charge in [0.25, 0.3) is 0 Å². The van der Waals surface area contributed by atoms with Crippen LogP contribution in [-0.2, 0) is 14.3 Å². The second-order valence-corrected chi connectivity index (χ2v) is 9.12. The molecule has 0 aromatic heterocycles. The number of esters is 1. The molecule has 1 aliphatic heterocycles. The van der Waals surface area contributed by atoms with E-state index in [-0.39, 0.29) is 12.2 Å². The number of ether oxygens (including phenoxy) is 1. The summed E-state index contributed by atoms with van der Waals surface area (Å²) in [6.07, 6.45) is 2.14. The van der Waals surface area contributed by atoms with Crippen LogP contribution in [0.5, 0.6) is 0 Å². The molecule has 1 aliphatic rings. The van der Waals surface area contributed by atoms with Crippen molar-refractivity contribution in [1.82, 2.24) is 0 Å². The molecule has 1 saturated heterocycles. The first-order valence-electron chi connectivity index (χ1n) is 10.4. The van der Waals surface area contributed by atoms with Gasteiger partial charge in [-0.1, -0.05) is 59.6 Å². The van der Waals surface area contributed by atoms with Gasteiger partial charge in [-0.2, -0.15) is 0 Å². The molecule has 2 atom stereocenters. The van der Waals surface area contributed by atoms with Gasteiger partial charge >= 0.3 is 12.1 Å². The summed E-state index contributed by atoms with van der Waals surface area (Å²) in [6, 6.07) is 6.91. The molecule has 1 amide bonds. The van der Waals surface area contributed by atoms with E-state index in [0.29, 0.717) is 18.5 Å². The molecule has 6 nitrogen and oxygen atoms in total. The van der Waals surface area contributed by atoms with Crippen LogP contribution < -0.4 is 5.32 Å². The number of rotatable bonds is 7. The second-order valence-electron chi connectivity index (χ2n) is 9.12. The summed E-state index contributed by atoms with van der Waals surface area (Å²) in [4.78, 5) is 37.4. The summed E-state index contributed by atoms with van der Waals surface area (Å²) in [6.45, 7) is 10.0. The van der Waals surface area contributed by atoms with Crippen molar-refractivity contribution in [1.29, 1.82) is 0 Å². The number of carboxylic acid groups (broad SMARTS) is 1. The number of amides is 1. The van der Waals surface area contributed by atoms with Crippen molar-refractivity contribution in [3.05, 3.63) is 29.8 Å². The molecule has 6 heteroatoms. The monoisotopic (exact) mass is 403 g/mol. The lowest BCUT2D eigenvalue weighted by Crippen LogP contribution is -2.50. The van der Waals surface area contributed by atoms with Gasteiger partial charge in [-0.15, -0.1) is 0 Å². The molecular weight excluding hydrogens is 370 g/mol. The van der Waals surface area contributed by atoms with E-state index < -0.39 is 34.9 Å². The van der Waals surface area contributed by atoms with Crippen LogP contribution in [-0.4, -0.2) is 28.6 Å². The summed E-state index contributed by atoms with van der Waals surface area (Å²) in [5, 5.41) is 11.3. The number of ketones is 1. The van der Waals surface area contributed by atoms with Gasteiger partial charge in [0.05, 0.1) is 0 Å². The van der Waals surface area contributed by atoms with E-state index in [1.165, 1.54) is 0 Å². The molecule has 29 heavy (non-hydrogen) atoms. The minimum Gasteiger partial charge on any atom is -0.465 e. The number of nitrogens with one attached hydrogen (secondary N) is 1. The van der Waals surface area contributed by atoms with Crippen molar-refractivity contribution in [3.8, 4) is 0 Å². The largest absolute Gasteiger partial charge is 0.465 e. The van der Waals surface area contributed by atoms with E-state index in [4.69, 9.17) is 9.84 Å². The lowest BCUT2D eigenvalue weighted by atomic mass is 9.65. The maximum absolute atomic E-state index is 13.3. The molecular formula is C23H33NO5. The summed E-state index contributed by atoms with van der Waals surface area (Å²) >= 11 is 0. The van der Waals surface area contributed by atoms with Gasteiger partial charge in [0.1, 0.15) is 11.5 Å². The van der Waals surface area contributed by atoms with E-state index >= 15 is 0 Å². The average Bonchev–Trinajstić information content (AvgIpc) is 2.57. The fourth-order valence-corrected chi connectivity index (χ4v) is 4.63. The van der Waals surface area contributed by atoms with Gasteiger partial charge in [-0.3, -0.25) is 14.9 Å². The van der Waals surface area contributed by atoms with Gasteiger partial charge in [-0.05, 0) is 36.0 Å². The Kier molecular flexibility index (Phi) is 7.09. The summed E-state index contributed by atoms with van der Waals surface area (Å²) in [5.74, 6) is -1.85. The lowest BCUT2D eigenvalue weighted by molar-refractivity contribution is -0.182. The second kappa shape index (κ2) is 8.97. The number of hydrogen-bond acceptors (Lipinski definition) is 4. The zero-order chi connectivity index (χ0) is 21.8. The van der Waals surface area contributed by atoms with Crippen molar-refractivity contribution in [3.63, 3.8) is 0 Å². The SMILES string of the molecule is CCCC1(CCC)CC(=O)C(C(c2cccc(NC(=O)O)c2)C(C)(C)C)C(=O)O1. The van der Waals surface area contributed by atoms with Crippen LogP contribution in [0.4, 0.5) is 10.5 Å². The highest BCUT2D eigenvalue weighted by atomic mass is 16.6. The van der Waals surface area contributed by atoms with Crippen LogP contribution in [0.3, 0.4) is 0 Å². The van der Waals surface area contributed by atoms with E-state index in [0.717, 1.165) is 18.4 Å². The normalized spacial score (nSPS) is 20.1. The fraction of sp³-hybridized carbons (Fsp3) is 0.609. The van der Waals surface area contributed by atoms with Crippen LogP contribution >= 0.6 is 0 Å². The third-order valence-electron chi connectivity index (χ3n) is 5.59. The number of cyclic esters (lactones) is 1. The summed E-state index contributed by atoms with van der Waals surface area (Å²) < 4.78 is 5.96. The first kappa shape index (κ1) is 22.9. The maximum atomic E-state index is 13.3. The molecule has 2 unspecified atom stereocenters. The number of hydrogen-bond donors (Lipinski definition) is 2. The maximum Gasteiger partial charge on any atom is 0.409 e. The number of Topliss-reactive ketones (excluding diaryl/α,β-unsaturated/α-hetero) is 1. The standard InChI is InChI=1S/C23H33NO5/c1-6-11-23(12-7-2)14-17(25)18(20(26)29-23)19(22(3,4)5)15-9-8-10-16(13-15)24-21(27)28/h8-10,13,18-19,24H,6-7,11-12,14H2,1-5H3,(H,27,28). The molecule has 0 spiro atoms. The van der Waals surface area contributed by atoms with Gasteiger partial charge in [-0.25, -0.2) is 4.79 Å². The quantitative estimate of drug-likeness (QED) is 0.471. The van der Waals surface area contributed by atoms with Crippen LogP contribution in [0.1, 0.15) is 78.2 Å². The van der Waals surface area contributed by atoms with Gasteiger partial charge in [0, 0.05) is 18.0 Å². The Balaban J connectivity index is 2.43.